The minimum absolute atomic E-state index is 0.0529. The lowest BCUT2D eigenvalue weighted by Gasteiger charge is -2.13. The minimum atomic E-state index is -0.123. The van der Waals surface area contributed by atoms with E-state index in [1.54, 1.807) is 4.57 Å². The molecule has 0 radical (unpaired) electrons. The Morgan fingerprint density at radius 2 is 2.00 bits per heavy atom. The molecule has 1 aliphatic carbocycles. The molecule has 2 aromatic heterocycles. The van der Waals surface area contributed by atoms with Crippen molar-refractivity contribution in [3.8, 4) is 5.69 Å². The maximum atomic E-state index is 13.6. The second-order valence-electron chi connectivity index (χ2n) is 7.91. The van der Waals surface area contributed by atoms with Crippen LogP contribution in [-0.2, 0) is 11.2 Å². The first-order valence-corrected chi connectivity index (χ1v) is 12.6. The molecule has 32 heavy (non-hydrogen) atoms. The van der Waals surface area contributed by atoms with E-state index in [-0.39, 0.29) is 17.2 Å². The van der Waals surface area contributed by atoms with Gasteiger partial charge in [-0.1, -0.05) is 49.0 Å². The monoisotopic (exact) mass is 461 g/mol. The van der Waals surface area contributed by atoms with E-state index in [1.807, 2.05) is 54.6 Å². The third kappa shape index (κ3) is 4.23. The Balaban J connectivity index is 1.46. The van der Waals surface area contributed by atoms with E-state index in [9.17, 15) is 9.59 Å². The highest BCUT2D eigenvalue weighted by molar-refractivity contribution is 7.99. The molecule has 4 aromatic rings. The molecule has 0 atom stereocenters. The number of para-hydroxylation sites is 1. The molecule has 5 nitrogen and oxygen atoms in total. The average Bonchev–Trinajstić information content (AvgIpc) is 3.57. The summed E-state index contributed by atoms with van der Waals surface area (Å²) >= 11 is 2.81. The van der Waals surface area contributed by atoms with Gasteiger partial charge in [-0.25, -0.2) is 4.98 Å². The summed E-state index contributed by atoms with van der Waals surface area (Å²) in [4.78, 5) is 31.8. The number of nitrogens with zero attached hydrogens (tertiary/aromatic N) is 2. The fourth-order valence-electron chi connectivity index (χ4n) is 3.79. The summed E-state index contributed by atoms with van der Waals surface area (Å²) in [6.07, 6.45) is 3.18. The van der Waals surface area contributed by atoms with Gasteiger partial charge in [-0.3, -0.25) is 14.2 Å². The molecule has 2 heterocycles. The van der Waals surface area contributed by atoms with Crippen molar-refractivity contribution in [3.63, 3.8) is 0 Å². The summed E-state index contributed by atoms with van der Waals surface area (Å²) in [7, 11) is 0. The van der Waals surface area contributed by atoms with E-state index in [0.717, 1.165) is 46.4 Å². The van der Waals surface area contributed by atoms with Gasteiger partial charge in [0.05, 0.1) is 16.8 Å². The maximum absolute atomic E-state index is 13.6. The zero-order valence-electron chi connectivity index (χ0n) is 17.7. The molecular weight excluding hydrogens is 438 g/mol. The zero-order valence-corrected chi connectivity index (χ0v) is 19.3. The molecule has 0 aliphatic heterocycles. The number of rotatable bonds is 7. The fourth-order valence-corrected chi connectivity index (χ4v) is 5.66. The van der Waals surface area contributed by atoms with E-state index in [4.69, 9.17) is 4.98 Å². The van der Waals surface area contributed by atoms with Crippen molar-refractivity contribution in [2.75, 3.05) is 11.1 Å². The van der Waals surface area contributed by atoms with Gasteiger partial charge in [0.2, 0.25) is 5.91 Å². The Hall–Kier alpha value is -2.90. The zero-order chi connectivity index (χ0) is 22.1. The number of hydrogen-bond donors (Lipinski definition) is 1. The third-order valence-corrected chi connectivity index (χ3v) is 7.42. The van der Waals surface area contributed by atoms with Gasteiger partial charge in [0, 0.05) is 5.69 Å². The molecule has 0 unspecified atom stereocenters. The number of carbonyl (C=O) groups excluding carboxylic acids is 1. The molecule has 0 spiro atoms. The first kappa shape index (κ1) is 21.0. The van der Waals surface area contributed by atoms with Crippen molar-refractivity contribution in [3.05, 3.63) is 81.5 Å². The largest absolute Gasteiger partial charge is 0.325 e. The number of hydrogen-bond acceptors (Lipinski definition) is 5. The molecule has 0 bridgehead atoms. The molecule has 1 saturated carbocycles. The number of carbonyl (C=O) groups is 1. The molecule has 1 N–H and O–H groups in total. The summed E-state index contributed by atoms with van der Waals surface area (Å²) in [6.45, 7) is 2.08. The summed E-state index contributed by atoms with van der Waals surface area (Å²) in [5.74, 6) is 0.523. The number of nitrogens with one attached hydrogen (secondary N) is 1. The van der Waals surface area contributed by atoms with E-state index < -0.39 is 0 Å². The third-order valence-electron chi connectivity index (χ3n) is 5.59. The van der Waals surface area contributed by atoms with Gasteiger partial charge in [0.25, 0.3) is 5.56 Å². The number of anilines is 1. The Kier molecular flexibility index (Phi) is 5.85. The second-order valence-corrected chi connectivity index (χ2v) is 9.71. The van der Waals surface area contributed by atoms with Crippen molar-refractivity contribution >= 4 is 44.9 Å². The van der Waals surface area contributed by atoms with Gasteiger partial charge >= 0.3 is 0 Å². The van der Waals surface area contributed by atoms with Crippen molar-refractivity contribution in [2.45, 2.75) is 37.3 Å². The van der Waals surface area contributed by atoms with E-state index in [2.05, 4.69) is 17.6 Å². The Labute approximate surface area is 194 Å². The topological polar surface area (TPSA) is 64.0 Å². The fraction of sp³-hybridized carbons (Fsp3) is 0.240. The highest BCUT2D eigenvalue weighted by Gasteiger charge is 2.29. The molecule has 1 amide bonds. The smallest absolute Gasteiger partial charge is 0.267 e. The lowest BCUT2D eigenvalue weighted by molar-refractivity contribution is -0.113. The molecular formula is C25H23N3O2S2. The highest BCUT2D eigenvalue weighted by atomic mass is 32.2. The van der Waals surface area contributed by atoms with Crippen LogP contribution in [0.25, 0.3) is 15.9 Å². The molecule has 0 saturated heterocycles. The van der Waals surface area contributed by atoms with Crippen LogP contribution >= 0.6 is 23.1 Å². The first-order chi connectivity index (χ1) is 15.6. The normalized spacial score (nSPS) is 13.4. The van der Waals surface area contributed by atoms with Gasteiger partial charge in [-0.2, -0.15) is 0 Å². The van der Waals surface area contributed by atoms with Gasteiger partial charge in [0.15, 0.2) is 5.16 Å². The van der Waals surface area contributed by atoms with Crippen LogP contribution in [0, 0.1) is 0 Å². The van der Waals surface area contributed by atoms with E-state index in [1.165, 1.54) is 28.7 Å². The lowest BCUT2D eigenvalue weighted by Crippen LogP contribution is -2.23. The number of thioether (sulfide) groups is 1. The van der Waals surface area contributed by atoms with Gasteiger partial charge in [-0.15, -0.1) is 11.3 Å². The predicted molar refractivity (Wildman–Crippen MR) is 132 cm³/mol. The Morgan fingerprint density at radius 1 is 1.19 bits per heavy atom. The van der Waals surface area contributed by atoms with Crippen LogP contribution in [0.2, 0.25) is 0 Å². The molecule has 5 rings (SSSR count). The van der Waals surface area contributed by atoms with Crippen molar-refractivity contribution in [1.29, 1.82) is 0 Å². The quantitative estimate of drug-likeness (QED) is 0.287. The number of aromatic nitrogens is 2. The van der Waals surface area contributed by atoms with Crippen molar-refractivity contribution in [1.82, 2.24) is 9.55 Å². The van der Waals surface area contributed by atoms with Crippen LogP contribution in [0.3, 0.4) is 0 Å². The van der Waals surface area contributed by atoms with Crippen molar-refractivity contribution < 1.29 is 4.79 Å². The van der Waals surface area contributed by atoms with Crippen LogP contribution in [0.4, 0.5) is 5.69 Å². The number of thiophene rings is 1. The summed E-state index contributed by atoms with van der Waals surface area (Å²) < 4.78 is 1.65. The van der Waals surface area contributed by atoms with Crippen LogP contribution in [0.15, 0.2) is 69.9 Å². The van der Waals surface area contributed by atoms with Gasteiger partial charge in [0.1, 0.15) is 4.83 Å². The van der Waals surface area contributed by atoms with Crippen LogP contribution in [0.5, 0.6) is 0 Å². The van der Waals surface area contributed by atoms with Crippen LogP contribution in [0.1, 0.15) is 36.8 Å². The Bertz CT molecular complexity index is 1340. The number of aryl methyl sites for hydroxylation is 1. The molecule has 162 valence electrons. The van der Waals surface area contributed by atoms with Crippen LogP contribution in [-0.4, -0.2) is 21.2 Å². The number of amides is 1. The molecule has 7 heteroatoms. The Morgan fingerprint density at radius 3 is 2.75 bits per heavy atom. The summed E-state index contributed by atoms with van der Waals surface area (Å²) in [5, 5.41) is 6.30. The minimum Gasteiger partial charge on any atom is -0.325 e. The van der Waals surface area contributed by atoms with Gasteiger partial charge in [-0.05, 0) is 66.0 Å². The molecule has 1 fully saturated rings. The number of fused-ring (bicyclic) bond motifs is 1. The molecule has 2 aromatic carbocycles. The number of benzene rings is 2. The predicted octanol–water partition coefficient (Wildman–Crippen LogP) is 5.62. The summed E-state index contributed by atoms with van der Waals surface area (Å²) in [6, 6.07) is 17.4. The van der Waals surface area contributed by atoms with Crippen molar-refractivity contribution in [2.24, 2.45) is 0 Å². The standard InChI is InChI=1S/C25H23N3O2S2/c1-2-16-7-6-8-18(13-16)26-21(29)15-32-25-27-23-22(20(14-31-23)17-11-12-17)24(30)28(25)19-9-4-3-5-10-19/h3-10,13-14,17H,2,11-12,15H2,1H3,(H,26,29). The first-order valence-electron chi connectivity index (χ1n) is 10.7. The molecule has 1 aliphatic rings. The SMILES string of the molecule is CCc1cccc(NC(=O)CSc2nc3scc(C4CC4)c3c(=O)n2-c2ccccc2)c1. The van der Waals surface area contributed by atoms with E-state index in [0.29, 0.717) is 11.1 Å². The van der Waals surface area contributed by atoms with E-state index >= 15 is 0 Å². The average molecular weight is 462 g/mol. The highest BCUT2D eigenvalue weighted by Crippen LogP contribution is 2.44. The lowest BCUT2D eigenvalue weighted by atomic mass is 10.1. The summed E-state index contributed by atoms with van der Waals surface area (Å²) in [5.41, 5.74) is 3.79. The maximum Gasteiger partial charge on any atom is 0.267 e. The van der Waals surface area contributed by atoms with Gasteiger partial charge < -0.3 is 5.32 Å². The van der Waals surface area contributed by atoms with Crippen LogP contribution < -0.4 is 10.9 Å². The second kappa shape index (κ2) is 8.92.